The molecule has 96 valence electrons. The minimum Gasteiger partial charge on any atom is -0.311 e. The Morgan fingerprint density at radius 2 is 2.33 bits per heavy atom. The van der Waals surface area contributed by atoms with Gasteiger partial charge >= 0.3 is 0 Å². The molecule has 2 N–H and O–H groups in total. The summed E-state index contributed by atoms with van der Waals surface area (Å²) in [5.41, 5.74) is 8.48. The Hall–Kier alpha value is -0.910. The summed E-state index contributed by atoms with van der Waals surface area (Å²) in [5.74, 6) is 0.251. The molecule has 2 aliphatic rings. The smallest absolute Gasteiger partial charge is 0.233 e. The molecule has 1 aromatic rings. The molecule has 2 aliphatic heterocycles. The lowest BCUT2D eigenvalue weighted by Crippen LogP contribution is -2.40. The van der Waals surface area contributed by atoms with Crippen LogP contribution in [0.2, 0.25) is 0 Å². The first-order chi connectivity index (χ1) is 8.66. The molecule has 2 atom stereocenters. The van der Waals surface area contributed by atoms with E-state index in [2.05, 4.69) is 32.8 Å². The second kappa shape index (κ2) is 4.64. The summed E-state index contributed by atoms with van der Waals surface area (Å²) in [7, 11) is 0. The molecule has 1 fully saturated rings. The number of hydrazine groups is 1. The van der Waals surface area contributed by atoms with E-state index in [0.29, 0.717) is 6.54 Å². The highest BCUT2D eigenvalue weighted by Gasteiger charge is 2.35. The van der Waals surface area contributed by atoms with Gasteiger partial charge in [0, 0.05) is 29.3 Å². The number of nitrogens with zero attached hydrogens (tertiary/aromatic N) is 1. The van der Waals surface area contributed by atoms with Crippen LogP contribution in [0.4, 0.5) is 5.69 Å². The Balaban J connectivity index is 1.85. The number of carbonyl (C=O) groups excluding carboxylic acids is 1. The number of amides is 1. The number of carbonyl (C=O) groups is 1. The Kier molecular flexibility index (Phi) is 3.13. The minimum atomic E-state index is 0.0274. The number of rotatable bonds is 1. The number of nitrogens with one attached hydrogen (secondary N) is 2. The molecular weight excluding hydrogens is 294 g/mol. The van der Waals surface area contributed by atoms with E-state index in [1.165, 1.54) is 5.56 Å². The lowest BCUT2D eigenvalue weighted by Gasteiger charge is -2.22. The van der Waals surface area contributed by atoms with Gasteiger partial charge in [-0.25, -0.2) is 0 Å². The van der Waals surface area contributed by atoms with Gasteiger partial charge in [0.05, 0.1) is 5.92 Å². The first kappa shape index (κ1) is 12.1. The third kappa shape index (κ3) is 1.96. The number of anilines is 1. The molecular formula is C13H16BrN3O. The van der Waals surface area contributed by atoms with Gasteiger partial charge in [-0.05, 0) is 37.1 Å². The standard InChI is InChI=1S/C13H16BrN3O/c1-8-11(7-15-16-8)13(18)17-5-4-9-6-10(14)2-3-12(9)17/h2-3,6,8,11,15-16H,4-5,7H2,1H3. The quantitative estimate of drug-likeness (QED) is 0.825. The topological polar surface area (TPSA) is 44.4 Å². The Labute approximate surface area is 115 Å². The number of halogens is 1. The fraction of sp³-hybridized carbons (Fsp3) is 0.462. The largest absolute Gasteiger partial charge is 0.311 e. The third-order valence-electron chi connectivity index (χ3n) is 3.78. The van der Waals surface area contributed by atoms with Gasteiger partial charge in [-0.3, -0.25) is 15.6 Å². The molecule has 1 saturated heterocycles. The van der Waals surface area contributed by atoms with Gasteiger partial charge in [-0.2, -0.15) is 0 Å². The van der Waals surface area contributed by atoms with Gasteiger partial charge in [-0.1, -0.05) is 15.9 Å². The summed E-state index contributed by atoms with van der Waals surface area (Å²) in [5, 5.41) is 0. The van der Waals surface area contributed by atoms with Crippen molar-refractivity contribution in [3.63, 3.8) is 0 Å². The molecule has 0 aromatic heterocycles. The molecule has 0 radical (unpaired) electrons. The monoisotopic (exact) mass is 309 g/mol. The number of hydrogen-bond donors (Lipinski definition) is 2. The molecule has 0 aliphatic carbocycles. The molecule has 2 heterocycles. The van der Waals surface area contributed by atoms with Crippen LogP contribution in [0, 0.1) is 5.92 Å². The lowest BCUT2D eigenvalue weighted by molar-refractivity contribution is -0.122. The van der Waals surface area contributed by atoms with Gasteiger partial charge in [-0.15, -0.1) is 0 Å². The zero-order valence-corrected chi connectivity index (χ0v) is 11.8. The van der Waals surface area contributed by atoms with E-state index >= 15 is 0 Å². The highest BCUT2D eigenvalue weighted by atomic mass is 79.9. The summed E-state index contributed by atoms with van der Waals surface area (Å²) in [6.07, 6.45) is 0.947. The minimum absolute atomic E-state index is 0.0274. The zero-order valence-electron chi connectivity index (χ0n) is 10.2. The maximum atomic E-state index is 12.5. The number of fused-ring (bicyclic) bond motifs is 1. The SMILES string of the molecule is CC1NNCC1C(=O)N1CCc2cc(Br)ccc21. The van der Waals surface area contributed by atoms with Gasteiger partial charge in [0.2, 0.25) is 5.91 Å². The van der Waals surface area contributed by atoms with Gasteiger partial charge in [0.1, 0.15) is 0 Å². The highest BCUT2D eigenvalue weighted by Crippen LogP contribution is 2.32. The van der Waals surface area contributed by atoms with Crippen molar-refractivity contribution in [2.45, 2.75) is 19.4 Å². The normalized spacial score (nSPS) is 26.4. The predicted octanol–water partition coefficient (Wildman–Crippen LogP) is 1.45. The maximum Gasteiger partial charge on any atom is 0.233 e. The molecule has 4 nitrogen and oxygen atoms in total. The summed E-state index contributed by atoms with van der Waals surface area (Å²) in [6.45, 7) is 3.55. The number of benzene rings is 1. The van der Waals surface area contributed by atoms with E-state index in [1.807, 2.05) is 24.0 Å². The predicted molar refractivity (Wildman–Crippen MR) is 74.3 cm³/mol. The lowest BCUT2D eigenvalue weighted by atomic mass is 10.0. The van der Waals surface area contributed by atoms with Crippen molar-refractivity contribution < 1.29 is 4.79 Å². The van der Waals surface area contributed by atoms with E-state index in [9.17, 15) is 4.79 Å². The van der Waals surface area contributed by atoms with Gasteiger partial charge in [0.25, 0.3) is 0 Å². The van der Waals surface area contributed by atoms with E-state index in [-0.39, 0.29) is 17.9 Å². The van der Waals surface area contributed by atoms with Crippen LogP contribution >= 0.6 is 15.9 Å². The highest BCUT2D eigenvalue weighted by molar-refractivity contribution is 9.10. The van der Waals surface area contributed by atoms with Crippen LogP contribution in [0.5, 0.6) is 0 Å². The molecule has 0 saturated carbocycles. The summed E-state index contributed by atoms with van der Waals surface area (Å²) < 4.78 is 1.08. The fourth-order valence-electron chi connectivity index (χ4n) is 2.71. The van der Waals surface area contributed by atoms with Crippen molar-refractivity contribution in [1.82, 2.24) is 10.9 Å². The van der Waals surface area contributed by atoms with E-state index in [4.69, 9.17) is 0 Å². The molecule has 0 spiro atoms. The van der Waals surface area contributed by atoms with Crippen molar-refractivity contribution in [1.29, 1.82) is 0 Å². The molecule has 2 unspecified atom stereocenters. The molecule has 18 heavy (non-hydrogen) atoms. The van der Waals surface area contributed by atoms with Crippen molar-refractivity contribution in [2.75, 3.05) is 18.0 Å². The van der Waals surface area contributed by atoms with Crippen LogP contribution in [0.15, 0.2) is 22.7 Å². The first-order valence-electron chi connectivity index (χ1n) is 6.25. The van der Waals surface area contributed by atoms with Crippen LogP contribution in [-0.2, 0) is 11.2 Å². The molecule has 3 rings (SSSR count). The first-order valence-corrected chi connectivity index (χ1v) is 7.04. The summed E-state index contributed by atoms with van der Waals surface area (Å²) in [6, 6.07) is 6.33. The van der Waals surface area contributed by atoms with Crippen LogP contribution < -0.4 is 15.8 Å². The van der Waals surface area contributed by atoms with Crippen LogP contribution in [0.3, 0.4) is 0 Å². The van der Waals surface area contributed by atoms with Crippen LogP contribution in [0.1, 0.15) is 12.5 Å². The Bertz CT molecular complexity index is 491. The Morgan fingerprint density at radius 3 is 3.06 bits per heavy atom. The average molecular weight is 310 g/mol. The second-order valence-corrected chi connectivity index (χ2v) is 5.85. The van der Waals surface area contributed by atoms with Crippen LogP contribution in [0.25, 0.3) is 0 Å². The molecule has 5 heteroatoms. The second-order valence-electron chi connectivity index (χ2n) is 4.93. The molecule has 0 bridgehead atoms. The van der Waals surface area contributed by atoms with E-state index < -0.39 is 0 Å². The van der Waals surface area contributed by atoms with Crippen molar-refractivity contribution in [3.8, 4) is 0 Å². The van der Waals surface area contributed by atoms with Crippen molar-refractivity contribution >= 4 is 27.5 Å². The molecule has 1 aromatic carbocycles. The third-order valence-corrected chi connectivity index (χ3v) is 4.27. The van der Waals surface area contributed by atoms with Crippen LogP contribution in [-0.4, -0.2) is 25.0 Å². The van der Waals surface area contributed by atoms with E-state index in [0.717, 1.165) is 23.1 Å². The van der Waals surface area contributed by atoms with Gasteiger partial charge < -0.3 is 4.90 Å². The van der Waals surface area contributed by atoms with Crippen molar-refractivity contribution in [2.24, 2.45) is 5.92 Å². The average Bonchev–Trinajstić information content (AvgIpc) is 2.94. The zero-order chi connectivity index (χ0) is 12.7. The maximum absolute atomic E-state index is 12.5. The summed E-state index contributed by atoms with van der Waals surface area (Å²) in [4.78, 5) is 14.5. The molecule has 1 amide bonds. The van der Waals surface area contributed by atoms with E-state index in [1.54, 1.807) is 0 Å². The van der Waals surface area contributed by atoms with Gasteiger partial charge in [0.15, 0.2) is 0 Å². The fourth-order valence-corrected chi connectivity index (χ4v) is 3.12. The Morgan fingerprint density at radius 1 is 1.50 bits per heavy atom. The van der Waals surface area contributed by atoms with Crippen molar-refractivity contribution in [3.05, 3.63) is 28.2 Å². The summed E-state index contributed by atoms with van der Waals surface area (Å²) >= 11 is 3.47. The number of hydrogen-bond acceptors (Lipinski definition) is 3.